The minimum atomic E-state index is -3.74. The van der Waals surface area contributed by atoms with E-state index < -0.39 is 34.2 Å². The Morgan fingerprint density at radius 3 is 2.62 bits per heavy atom. The second-order valence-electron chi connectivity index (χ2n) is 6.97. The third-order valence-corrected chi connectivity index (χ3v) is 6.94. The molecule has 0 aliphatic carbocycles. The maximum atomic E-state index is 13.6. The summed E-state index contributed by atoms with van der Waals surface area (Å²) in [7, 11) is -3.74. The lowest BCUT2D eigenvalue weighted by molar-refractivity contribution is 0.0473. The van der Waals surface area contributed by atoms with E-state index in [2.05, 4.69) is 0 Å². The average Bonchev–Trinajstić information content (AvgIpc) is 2.72. The zero-order chi connectivity index (χ0) is 21.0. The number of ether oxygens (including phenoxy) is 1. The highest BCUT2D eigenvalue weighted by molar-refractivity contribution is 7.89. The molecule has 3 rings (SSSR count). The van der Waals surface area contributed by atoms with E-state index in [0.29, 0.717) is 6.54 Å². The normalized spacial score (nSPS) is 17.7. The van der Waals surface area contributed by atoms with E-state index in [1.54, 1.807) is 0 Å². The van der Waals surface area contributed by atoms with E-state index in [-0.39, 0.29) is 22.1 Å². The van der Waals surface area contributed by atoms with Gasteiger partial charge in [-0.15, -0.1) is 0 Å². The number of esters is 1. The van der Waals surface area contributed by atoms with Gasteiger partial charge in [-0.1, -0.05) is 24.6 Å². The Morgan fingerprint density at radius 2 is 1.90 bits per heavy atom. The fourth-order valence-electron chi connectivity index (χ4n) is 3.33. The van der Waals surface area contributed by atoms with Crippen LogP contribution < -0.4 is 0 Å². The van der Waals surface area contributed by atoms with Crippen LogP contribution in [0.2, 0.25) is 0 Å². The number of nitrogens with zero attached hydrogens (tertiary/aromatic N) is 1. The first-order chi connectivity index (χ1) is 13.8. The number of carbonyl (C=O) groups excluding carboxylic acids is 2. The van der Waals surface area contributed by atoms with Gasteiger partial charge in [0, 0.05) is 12.6 Å². The summed E-state index contributed by atoms with van der Waals surface area (Å²) < 4.78 is 45.9. The topological polar surface area (TPSA) is 80.8 Å². The van der Waals surface area contributed by atoms with Crippen molar-refractivity contribution in [2.24, 2.45) is 0 Å². The Bertz CT molecular complexity index is 1020. The smallest absolute Gasteiger partial charge is 0.338 e. The van der Waals surface area contributed by atoms with E-state index in [9.17, 15) is 22.4 Å². The Balaban J connectivity index is 1.72. The number of hydrogen-bond donors (Lipinski definition) is 0. The maximum absolute atomic E-state index is 13.6. The Labute approximate surface area is 169 Å². The van der Waals surface area contributed by atoms with Crippen LogP contribution in [0, 0.1) is 5.82 Å². The number of halogens is 1. The lowest BCUT2D eigenvalue weighted by Crippen LogP contribution is -2.41. The SMILES string of the molecule is C[C@@H]1CCCCN1S(=O)(=O)c1cccc(C(=O)OCC(=O)c2ccccc2F)c1. The molecule has 0 spiro atoms. The maximum Gasteiger partial charge on any atom is 0.338 e. The molecule has 1 saturated heterocycles. The number of piperidine rings is 1. The monoisotopic (exact) mass is 419 g/mol. The highest BCUT2D eigenvalue weighted by Crippen LogP contribution is 2.25. The summed E-state index contributed by atoms with van der Waals surface area (Å²) in [5.74, 6) is -2.22. The predicted octanol–water partition coefficient (Wildman–Crippen LogP) is 3.43. The number of sulfonamides is 1. The van der Waals surface area contributed by atoms with E-state index >= 15 is 0 Å². The lowest BCUT2D eigenvalue weighted by Gasteiger charge is -2.32. The number of hydrogen-bond acceptors (Lipinski definition) is 5. The fourth-order valence-corrected chi connectivity index (χ4v) is 5.07. The number of Topliss-reactive ketones (excluding diaryl/α,β-unsaturated/α-hetero) is 1. The molecule has 6 nitrogen and oxygen atoms in total. The van der Waals surface area contributed by atoms with Crippen molar-refractivity contribution in [3.8, 4) is 0 Å². The number of ketones is 1. The number of benzene rings is 2. The number of carbonyl (C=O) groups is 2. The highest BCUT2D eigenvalue weighted by Gasteiger charge is 2.31. The molecule has 29 heavy (non-hydrogen) atoms. The number of rotatable bonds is 6. The first kappa shape index (κ1) is 21.1. The van der Waals surface area contributed by atoms with Crippen LogP contribution >= 0.6 is 0 Å². The van der Waals surface area contributed by atoms with Gasteiger partial charge in [0.15, 0.2) is 6.61 Å². The molecular formula is C21H22FNO5S. The van der Waals surface area contributed by atoms with Crippen LogP contribution in [-0.4, -0.2) is 43.7 Å². The molecule has 0 radical (unpaired) electrons. The molecule has 1 aliphatic rings. The van der Waals surface area contributed by atoms with E-state index in [1.807, 2.05) is 6.92 Å². The largest absolute Gasteiger partial charge is 0.454 e. The van der Waals surface area contributed by atoms with Crippen LogP contribution in [0.4, 0.5) is 4.39 Å². The molecule has 0 N–H and O–H groups in total. The molecular weight excluding hydrogens is 397 g/mol. The Kier molecular flexibility index (Phi) is 6.44. The van der Waals surface area contributed by atoms with Gasteiger partial charge in [-0.05, 0) is 50.1 Å². The van der Waals surface area contributed by atoms with Crippen molar-refractivity contribution in [1.82, 2.24) is 4.31 Å². The molecule has 8 heteroatoms. The minimum absolute atomic E-state index is 0.00105. The van der Waals surface area contributed by atoms with Gasteiger partial charge in [-0.25, -0.2) is 17.6 Å². The molecule has 2 aromatic carbocycles. The molecule has 0 aromatic heterocycles. The van der Waals surface area contributed by atoms with Gasteiger partial charge in [0.2, 0.25) is 15.8 Å². The van der Waals surface area contributed by atoms with Gasteiger partial charge in [0.1, 0.15) is 5.82 Å². The minimum Gasteiger partial charge on any atom is -0.454 e. The summed E-state index contributed by atoms with van der Waals surface area (Å²) in [6.07, 6.45) is 2.57. The van der Waals surface area contributed by atoms with Crippen LogP contribution in [0.3, 0.4) is 0 Å². The predicted molar refractivity (Wildman–Crippen MR) is 105 cm³/mol. The summed E-state index contributed by atoms with van der Waals surface area (Å²) >= 11 is 0. The lowest BCUT2D eigenvalue weighted by atomic mass is 10.1. The molecule has 1 fully saturated rings. The zero-order valence-corrected chi connectivity index (χ0v) is 16.8. The second kappa shape index (κ2) is 8.84. The molecule has 0 saturated carbocycles. The van der Waals surface area contributed by atoms with Crippen molar-refractivity contribution < 1.29 is 27.1 Å². The van der Waals surface area contributed by atoms with E-state index in [4.69, 9.17) is 4.74 Å². The van der Waals surface area contributed by atoms with Crippen molar-refractivity contribution in [3.63, 3.8) is 0 Å². The van der Waals surface area contributed by atoms with Crippen LogP contribution in [0.5, 0.6) is 0 Å². The molecule has 1 aliphatic heterocycles. The first-order valence-corrected chi connectivity index (χ1v) is 10.8. The van der Waals surface area contributed by atoms with Gasteiger partial charge < -0.3 is 4.74 Å². The van der Waals surface area contributed by atoms with Crippen molar-refractivity contribution in [2.45, 2.75) is 37.1 Å². The van der Waals surface area contributed by atoms with E-state index in [0.717, 1.165) is 25.3 Å². The molecule has 0 amide bonds. The van der Waals surface area contributed by atoms with Gasteiger partial charge in [-0.2, -0.15) is 4.31 Å². The van der Waals surface area contributed by atoms with Crippen molar-refractivity contribution in [3.05, 3.63) is 65.5 Å². The van der Waals surface area contributed by atoms with Gasteiger partial charge in [0.05, 0.1) is 16.0 Å². The molecule has 2 aromatic rings. The highest BCUT2D eigenvalue weighted by atomic mass is 32.2. The molecule has 1 heterocycles. The van der Waals surface area contributed by atoms with Gasteiger partial charge >= 0.3 is 5.97 Å². The second-order valence-corrected chi connectivity index (χ2v) is 8.86. The standard InChI is InChI=1S/C21H22FNO5S/c1-15-7-4-5-12-23(15)29(26,27)17-9-6-8-16(13-17)21(25)28-14-20(24)18-10-2-3-11-19(18)22/h2-3,6,8-11,13,15H,4-5,7,12,14H2,1H3/t15-/m1/s1. The molecule has 1 atom stereocenters. The molecule has 154 valence electrons. The zero-order valence-electron chi connectivity index (χ0n) is 16.0. The average molecular weight is 419 g/mol. The third-order valence-electron chi connectivity index (χ3n) is 4.93. The van der Waals surface area contributed by atoms with Crippen LogP contribution in [0.1, 0.15) is 46.9 Å². The summed E-state index contributed by atoms with van der Waals surface area (Å²) in [5.41, 5.74) is -0.159. The van der Waals surface area contributed by atoms with Crippen molar-refractivity contribution in [1.29, 1.82) is 0 Å². The van der Waals surface area contributed by atoms with Crippen molar-refractivity contribution >= 4 is 21.8 Å². The summed E-state index contributed by atoms with van der Waals surface area (Å²) in [5, 5.41) is 0. The third kappa shape index (κ3) is 4.71. The summed E-state index contributed by atoms with van der Waals surface area (Å²) in [6.45, 7) is 1.67. The van der Waals surface area contributed by atoms with Crippen LogP contribution in [0.15, 0.2) is 53.4 Å². The Hall–Kier alpha value is -2.58. The van der Waals surface area contributed by atoms with Gasteiger partial charge in [-0.3, -0.25) is 4.79 Å². The van der Waals surface area contributed by atoms with Crippen LogP contribution in [0.25, 0.3) is 0 Å². The van der Waals surface area contributed by atoms with Crippen molar-refractivity contribution in [2.75, 3.05) is 13.2 Å². The molecule has 0 bridgehead atoms. The quantitative estimate of drug-likeness (QED) is 0.529. The Morgan fingerprint density at radius 1 is 1.14 bits per heavy atom. The molecule has 0 unspecified atom stereocenters. The fraction of sp³-hybridized carbons (Fsp3) is 0.333. The van der Waals surface area contributed by atoms with E-state index in [1.165, 1.54) is 46.8 Å². The van der Waals surface area contributed by atoms with Gasteiger partial charge in [0.25, 0.3) is 0 Å². The summed E-state index contributed by atoms with van der Waals surface area (Å²) in [4.78, 5) is 24.4. The first-order valence-electron chi connectivity index (χ1n) is 9.37. The van der Waals surface area contributed by atoms with Crippen LogP contribution in [-0.2, 0) is 14.8 Å². The summed E-state index contributed by atoms with van der Waals surface area (Å²) in [6, 6.07) is 10.8.